The Kier molecular flexibility index (Phi) is 2.26. The minimum Gasteiger partial charge on any atom is -0.389 e. The summed E-state index contributed by atoms with van der Waals surface area (Å²) in [5.41, 5.74) is 0. The van der Waals surface area contributed by atoms with Gasteiger partial charge in [-0.3, -0.25) is 4.90 Å². The maximum Gasteiger partial charge on any atom is 0.140 e. The van der Waals surface area contributed by atoms with Gasteiger partial charge in [-0.25, -0.2) is 4.39 Å². The van der Waals surface area contributed by atoms with Crippen LogP contribution in [0.1, 0.15) is 13.8 Å². The summed E-state index contributed by atoms with van der Waals surface area (Å²) < 4.78 is 12.6. The minimum absolute atomic E-state index is 0.343. The van der Waals surface area contributed by atoms with Crippen molar-refractivity contribution in [1.82, 2.24) is 4.90 Å². The Bertz CT molecular complexity index is 108. The maximum atomic E-state index is 12.6. The summed E-state index contributed by atoms with van der Waals surface area (Å²) in [5.74, 6) is 0. The van der Waals surface area contributed by atoms with Gasteiger partial charge in [-0.2, -0.15) is 0 Å². The van der Waals surface area contributed by atoms with Crippen molar-refractivity contribution in [1.29, 1.82) is 0 Å². The first-order chi connectivity index (χ1) is 4.61. The third kappa shape index (κ3) is 1.47. The van der Waals surface area contributed by atoms with Gasteiger partial charge in [0.1, 0.15) is 6.17 Å². The van der Waals surface area contributed by atoms with Gasteiger partial charge in [0.05, 0.1) is 6.10 Å². The summed E-state index contributed by atoms with van der Waals surface area (Å²) in [6.07, 6.45) is -1.80. The number of aliphatic hydroxyl groups is 1. The molecular weight excluding hydrogens is 133 g/mol. The average Bonchev–Trinajstić information content (AvgIpc) is 2.13. The van der Waals surface area contributed by atoms with E-state index in [2.05, 4.69) is 0 Å². The number of rotatable bonds is 1. The SMILES string of the molecule is CC(C)N1C[C@@H](O)[C@H](F)C1. The molecule has 1 aliphatic heterocycles. The van der Waals surface area contributed by atoms with Gasteiger partial charge < -0.3 is 5.11 Å². The van der Waals surface area contributed by atoms with E-state index < -0.39 is 12.3 Å². The second kappa shape index (κ2) is 2.84. The summed E-state index contributed by atoms with van der Waals surface area (Å²) in [7, 11) is 0. The van der Waals surface area contributed by atoms with E-state index in [1.807, 2.05) is 18.7 Å². The van der Waals surface area contributed by atoms with Gasteiger partial charge in [0.25, 0.3) is 0 Å². The number of aliphatic hydroxyl groups excluding tert-OH is 1. The normalized spacial score (nSPS) is 35.7. The summed E-state index contributed by atoms with van der Waals surface area (Å²) in [6, 6.07) is 0.343. The molecule has 0 amide bonds. The van der Waals surface area contributed by atoms with Crippen LogP contribution in [0, 0.1) is 0 Å². The molecule has 1 rings (SSSR count). The van der Waals surface area contributed by atoms with Gasteiger partial charge in [0, 0.05) is 19.1 Å². The molecule has 0 aliphatic carbocycles. The van der Waals surface area contributed by atoms with Gasteiger partial charge in [-0.05, 0) is 13.8 Å². The molecule has 0 spiro atoms. The van der Waals surface area contributed by atoms with E-state index >= 15 is 0 Å². The van der Waals surface area contributed by atoms with Crippen LogP contribution in [0.2, 0.25) is 0 Å². The van der Waals surface area contributed by atoms with Crippen molar-refractivity contribution in [2.24, 2.45) is 0 Å². The van der Waals surface area contributed by atoms with Gasteiger partial charge in [-0.1, -0.05) is 0 Å². The van der Waals surface area contributed by atoms with Crippen molar-refractivity contribution in [3.63, 3.8) is 0 Å². The van der Waals surface area contributed by atoms with Crippen molar-refractivity contribution in [3.8, 4) is 0 Å². The Morgan fingerprint density at radius 3 is 2.30 bits per heavy atom. The first-order valence-corrected chi connectivity index (χ1v) is 3.67. The van der Waals surface area contributed by atoms with Crippen molar-refractivity contribution in [2.45, 2.75) is 32.2 Å². The van der Waals surface area contributed by atoms with Crippen LogP contribution >= 0.6 is 0 Å². The molecule has 1 saturated heterocycles. The van der Waals surface area contributed by atoms with Crippen LogP contribution in [0.4, 0.5) is 4.39 Å². The van der Waals surface area contributed by atoms with Crippen molar-refractivity contribution in [2.75, 3.05) is 13.1 Å². The zero-order valence-electron chi connectivity index (χ0n) is 6.42. The van der Waals surface area contributed by atoms with E-state index in [4.69, 9.17) is 5.11 Å². The number of halogens is 1. The Morgan fingerprint density at radius 1 is 1.50 bits per heavy atom. The lowest BCUT2D eigenvalue weighted by Crippen LogP contribution is -2.29. The summed E-state index contributed by atoms with van der Waals surface area (Å²) in [6.45, 7) is 4.88. The Morgan fingerprint density at radius 2 is 2.10 bits per heavy atom. The molecular formula is C7H14FNO. The maximum absolute atomic E-state index is 12.6. The lowest BCUT2D eigenvalue weighted by atomic mass is 10.3. The van der Waals surface area contributed by atoms with Gasteiger partial charge in [0.2, 0.25) is 0 Å². The standard InChI is InChI=1S/C7H14FNO/c1-5(2)9-3-6(8)7(10)4-9/h5-7,10H,3-4H2,1-2H3/t6-,7-/m1/s1. The molecule has 2 atom stereocenters. The Hall–Kier alpha value is -0.150. The molecule has 2 nitrogen and oxygen atoms in total. The number of hydrogen-bond acceptors (Lipinski definition) is 2. The molecule has 10 heavy (non-hydrogen) atoms. The van der Waals surface area contributed by atoms with E-state index in [-0.39, 0.29) is 0 Å². The number of likely N-dealkylation sites (tertiary alicyclic amines) is 1. The van der Waals surface area contributed by atoms with Crippen LogP contribution < -0.4 is 0 Å². The van der Waals surface area contributed by atoms with E-state index in [0.717, 1.165) is 0 Å². The van der Waals surface area contributed by atoms with Crippen molar-refractivity contribution >= 4 is 0 Å². The third-order valence-electron chi connectivity index (χ3n) is 1.98. The first-order valence-electron chi connectivity index (χ1n) is 3.67. The molecule has 0 aromatic rings. The summed E-state index contributed by atoms with van der Waals surface area (Å²) in [4.78, 5) is 1.94. The molecule has 1 N–H and O–H groups in total. The van der Waals surface area contributed by atoms with Crippen LogP contribution in [0.15, 0.2) is 0 Å². The summed E-state index contributed by atoms with van der Waals surface area (Å²) in [5, 5.41) is 9.00. The molecule has 0 saturated carbocycles. The predicted molar refractivity (Wildman–Crippen MR) is 37.6 cm³/mol. The quantitative estimate of drug-likeness (QED) is 0.580. The first kappa shape index (κ1) is 7.95. The highest BCUT2D eigenvalue weighted by Gasteiger charge is 2.31. The number of alkyl halides is 1. The predicted octanol–water partition coefficient (Wildman–Crippen LogP) is 0.409. The third-order valence-corrected chi connectivity index (χ3v) is 1.98. The van der Waals surface area contributed by atoms with Crippen LogP contribution in [-0.4, -0.2) is 41.4 Å². The van der Waals surface area contributed by atoms with Gasteiger partial charge in [0.15, 0.2) is 0 Å². The van der Waals surface area contributed by atoms with E-state index in [1.165, 1.54) is 0 Å². The topological polar surface area (TPSA) is 23.5 Å². The molecule has 3 heteroatoms. The molecule has 0 bridgehead atoms. The fourth-order valence-corrected chi connectivity index (χ4v) is 1.20. The van der Waals surface area contributed by atoms with Gasteiger partial charge >= 0.3 is 0 Å². The molecule has 0 unspecified atom stereocenters. The second-order valence-corrected chi connectivity index (χ2v) is 3.13. The highest BCUT2D eigenvalue weighted by Crippen LogP contribution is 2.15. The van der Waals surface area contributed by atoms with Crippen LogP contribution in [0.25, 0.3) is 0 Å². The highest BCUT2D eigenvalue weighted by molar-refractivity contribution is 4.84. The molecule has 0 aromatic carbocycles. The fraction of sp³-hybridized carbons (Fsp3) is 1.00. The number of hydrogen-bond donors (Lipinski definition) is 1. The minimum atomic E-state index is -1.04. The molecule has 1 heterocycles. The van der Waals surface area contributed by atoms with Crippen molar-refractivity contribution in [3.05, 3.63) is 0 Å². The highest BCUT2D eigenvalue weighted by atomic mass is 19.1. The van der Waals surface area contributed by atoms with E-state index in [9.17, 15) is 4.39 Å². The number of nitrogens with zero attached hydrogens (tertiary/aromatic N) is 1. The lowest BCUT2D eigenvalue weighted by molar-refractivity contribution is 0.115. The van der Waals surface area contributed by atoms with Crippen LogP contribution in [0.5, 0.6) is 0 Å². The molecule has 1 aliphatic rings. The van der Waals surface area contributed by atoms with E-state index in [1.54, 1.807) is 0 Å². The largest absolute Gasteiger partial charge is 0.389 e. The zero-order valence-corrected chi connectivity index (χ0v) is 6.42. The average molecular weight is 147 g/mol. The van der Waals surface area contributed by atoms with E-state index in [0.29, 0.717) is 19.1 Å². The van der Waals surface area contributed by atoms with Crippen LogP contribution in [0.3, 0.4) is 0 Å². The Labute approximate surface area is 60.6 Å². The molecule has 0 aromatic heterocycles. The second-order valence-electron chi connectivity index (χ2n) is 3.13. The Balaban J connectivity index is 2.41. The smallest absolute Gasteiger partial charge is 0.140 e. The van der Waals surface area contributed by atoms with Crippen molar-refractivity contribution < 1.29 is 9.50 Å². The fourth-order valence-electron chi connectivity index (χ4n) is 1.20. The van der Waals surface area contributed by atoms with Crippen LogP contribution in [-0.2, 0) is 0 Å². The molecule has 0 radical (unpaired) electrons. The summed E-state index contributed by atoms with van der Waals surface area (Å²) >= 11 is 0. The molecule has 60 valence electrons. The lowest BCUT2D eigenvalue weighted by Gasteiger charge is -2.18. The number of β-amino-alcohol motifs (C(OH)–C–C–N with tert-alkyl or cyclic N) is 1. The zero-order chi connectivity index (χ0) is 7.72. The monoisotopic (exact) mass is 147 g/mol. The van der Waals surface area contributed by atoms with Gasteiger partial charge in [-0.15, -0.1) is 0 Å². The molecule has 1 fully saturated rings.